The molecule has 0 aromatic rings. The van der Waals surface area contributed by atoms with E-state index in [1.54, 1.807) is 0 Å². The normalized spacial score (nSPS) is 25.5. The van der Waals surface area contributed by atoms with Crippen LogP contribution in [-0.2, 0) is 4.79 Å². The van der Waals surface area contributed by atoms with Crippen LogP contribution in [0.5, 0.6) is 0 Å². The zero-order chi connectivity index (χ0) is 15.0. The van der Waals surface area contributed by atoms with Crippen LogP contribution in [-0.4, -0.2) is 19.0 Å². The maximum atomic E-state index is 12.4. The second kappa shape index (κ2) is 11.3. The van der Waals surface area contributed by atoms with E-state index < -0.39 is 0 Å². The number of nitrogens with one attached hydrogen (secondary N) is 1. The molecule has 1 aliphatic carbocycles. The minimum absolute atomic E-state index is 0. The standard InChI is InChI=1S/C17H34N2O.ClH/c1-13(2)15-9-8-14(3)12-16(15)17(20)19-11-7-5-4-6-10-18;/h13-16H,4-12,18H2,1-3H3,(H,19,20);1H/t14-,15+,16-;/m1./s1. The maximum Gasteiger partial charge on any atom is 0.223 e. The molecule has 0 saturated heterocycles. The zero-order valence-corrected chi connectivity index (χ0v) is 14.9. The van der Waals surface area contributed by atoms with Crippen molar-refractivity contribution < 1.29 is 4.79 Å². The predicted molar refractivity (Wildman–Crippen MR) is 92.6 cm³/mol. The molecule has 0 aromatic heterocycles. The Kier molecular flexibility index (Phi) is 11.2. The minimum Gasteiger partial charge on any atom is -0.356 e. The molecule has 0 aliphatic heterocycles. The molecule has 3 nitrogen and oxygen atoms in total. The molecule has 0 heterocycles. The van der Waals surface area contributed by atoms with Gasteiger partial charge in [-0.2, -0.15) is 0 Å². The Hall–Kier alpha value is -0.280. The molecular formula is C17H35ClN2O. The average molecular weight is 319 g/mol. The van der Waals surface area contributed by atoms with Crippen molar-refractivity contribution in [1.82, 2.24) is 5.32 Å². The van der Waals surface area contributed by atoms with Gasteiger partial charge in [-0.3, -0.25) is 4.79 Å². The summed E-state index contributed by atoms with van der Waals surface area (Å²) in [5.41, 5.74) is 5.48. The number of unbranched alkanes of at least 4 members (excludes halogenated alkanes) is 3. The van der Waals surface area contributed by atoms with Gasteiger partial charge in [-0.05, 0) is 50.0 Å². The second-order valence-electron chi connectivity index (χ2n) is 6.93. The molecule has 0 spiro atoms. The van der Waals surface area contributed by atoms with Gasteiger partial charge in [0.1, 0.15) is 0 Å². The lowest BCUT2D eigenvalue weighted by Crippen LogP contribution is -2.40. The molecule has 1 amide bonds. The summed E-state index contributed by atoms with van der Waals surface area (Å²) in [5, 5.41) is 3.16. The van der Waals surface area contributed by atoms with Gasteiger partial charge in [0.25, 0.3) is 0 Å². The van der Waals surface area contributed by atoms with Crippen LogP contribution in [0.2, 0.25) is 0 Å². The first-order valence-electron chi connectivity index (χ1n) is 8.54. The highest BCUT2D eigenvalue weighted by Crippen LogP contribution is 2.38. The Bertz CT molecular complexity index is 284. The molecule has 1 saturated carbocycles. The third-order valence-electron chi connectivity index (χ3n) is 4.79. The third kappa shape index (κ3) is 7.51. The van der Waals surface area contributed by atoms with Gasteiger partial charge in [0, 0.05) is 12.5 Å². The number of halogens is 1. The Labute approximate surface area is 137 Å². The summed E-state index contributed by atoms with van der Waals surface area (Å²) in [5.74, 6) is 2.42. The van der Waals surface area contributed by atoms with Crippen molar-refractivity contribution in [3.8, 4) is 0 Å². The molecule has 3 atom stereocenters. The minimum atomic E-state index is 0. The summed E-state index contributed by atoms with van der Waals surface area (Å²) in [6.45, 7) is 8.41. The van der Waals surface area contributed by atoms with E-state index in [4.69, 9.17) is 5.73 Å². The van der Waals surface area contributed by atoms with Gasteiger partial charge in [-0.25, -0.2) is 0 Å². The summed E-state index contributed by atoms with van der Waals surface area (Å²) in [6, 6.07) is 0. The van der Waals surface area contributed by atoms with Crippen molar-refractivity contribution in [1.29, 1.82) is 0 Å². The van der Waals surface area contributed by atoms with Crippen LogP contribution in [0, 0.1) is 23.7 Å². The highest BCUT2D eigenvalue weighted by Gasteiger charge is 2.34. The van der Waals surface area contributed by atoms with E-state index in [0.29, 0.717) is 23.7 Å². The van der Waals surface area contributed by atoms with Crippen LogP contribution in [0.4, 0.5) is 0 Å². The molecule has 3 N–H and O–H groups in total. The molecule has 21 heavy (non-hydrogen) atoms. The number of hydrogen-bond donors (Lipinski definition) is 2. The number of carbonyl (C=O) groups is 1. The van der Waals surface area contributed by atoms with Crippen LogP contribution < -0.4 is 11.1 Å². The first-order valence-corrected chi connectivity index (χ1v) is 8.54. The first-order chi connectivity index (χ1) is 9.56. The van der Waals surface area contributed by atoms with Crippen LogP contribution in [0.15, 0.2) is 0 Å². The van der Waals surface area contributed by atoms with Gasteiger partial charge in [0.2, 0.25) is 5.91 Å². The molecular weight excluding hydrogens is 284 g/mol. The molecule has 1 aliphatic rings. The van der Waals surface area contributed by atoms with Gasteiger partial charge < -0.3 is 11.1 Å². The zero-order valence-electron chi connectivity index (χ0n) is 14.1. The average Bonchev–Trinajstić information content (AvgIpc) is 2.42. The van der Waals surface area contributed by atoms with E-state index in [-0.39, 0.29) is 18.3 Å². The quantitative estimate of drug-likeness (QED) is 0.670. The van der Waals surface area contributed by atoms with Crippen molar-refractivity contribution in [2.75, 3.05) is 13.1 Å². The second-order valence-corrected chi connectivity index (χ2v) is 6.93. The highest BCUT2D eigenvalue weighted by atomic mass is 35.5. The topological polar surface area (TPSA) is 55.1 Å². The summed E-state index contributed by atoms with van der Waals surface area (Å²) in [4.78, 5) is 12.4. The van der Waals surface area contributed by atoms with Crippen molar-refractivity contribution >= 4 is 18.3 Å². The van der Waals surface area contributed by atoms with E-state index in [0.717, 1.165) is 32.4 Å². The van der Waals surface area contributed by atoms with Crippen molar-refractivity contribution in [2.45, 2.75) is 65.7 Å². The van der Waals surface area contributed by atoms with Crippen molar-refractivity contribution in [3.05, 3.63) is 0 Å². The van der Waals surface area contributed by atoms with Gasteiger partial charge in [-0.15, -0.1) is 12.4 Å². The van der Waals surface area contributed by atoms with E-state index in [1.165, 1.54) is 25.7 Å². The van der Waals surface area contributed by atoms with E-state index >= 15 is 0 Å². The lowest BCUT2D eigenvalue weighted by atomic mass is 9.70. The molecule has 1 rings (SSSR count). The fourth-order valence-electron chi connectivity index (χ4n) is 3.47. The number of hydrogen-bond acceptors (Lipinski definition) is 2. The monoisotopic (exact) mass is 318 g/mol. The number of carbonyl (C=O) groups excluding carboxylic acids is 1. The molecule has 0 unspecified atom stereocenters. The Morgan fingerprint density at radius 1 is 1.19 bits per heavy atom. The Balaban J connectivity index is 0.00000400. The van der Waals surface area contributed by atoms with E-state index in [9.17, 15) is 4.79 Å². The molecule has 0 bridgehead atoms. The molecule has 0 aromatic carbocycles. The smallest absolute Gasteiger partial charge is 0.223 e. The SMILES string of the molecule is CC(C)[C@@H]1CC[C@@H](C)C[C@H]1C(=O)NCCCCCCN.Cl. The van der Waals surface area contributed by atoms with Crippen LogP contribution in [0.25, 0.3) is 0 Å². The van der Waals surface area contributed by atoms with Gasteiger partial charge >= 0.3 is 0 Å². The summed E-state index contributed by atoms with van der Waals surface area (Å²) in [7, 11) is 0. The Morgan fingerprint density at radius 2 is 1.86 bits per heavy atom. The highest BCUT2D eigenvalue weighted by molar-refractivity contribution is 5.85. The summed E-state index contributed by atoms with van der Waals surface area (Å²) >= 11 is 0. The van der Waals surface area contributed by atoms with Crippen molar-refractivity contribution in [2.24, 2.45) is 29.4 Å². The fourth-order valence-corrected chi connectivity index (χ4v) is 3.47. The fraction of sp³-hybridized carbons (Fsp3) is 0.941. The van der Waals surface area contributed by atoms with Crippen LogP contribution in [0.3, 0.4) is 0 Å². The number of amides is 1. The molecule has 4 heteroatoms. The van der Waals surface area contributed by atoms with E-state index in [1.807, 2.05) is 0 Å². The largest absolute Gasteiger partial charge is 0.356 e. The number of nitrogens with two attached hydrogens (primary N) is 1. The maximum absolute atomic E-state index is 12.4. The Morgan fingerprint density at radius 3 is 2.48 bits per heavy atom. The molecule has 126 valence electrons. The molecule has 1 fully saturated rings. The predicted octanol–water partition coefficient (Wildman–Crippen LogP) is 3.75. The summed E-state index contributed by atoms with van der Waals surface area (Å²) in [6.07, 6.45) is 8.11. The van der Waals surface area contributed by atoms with Crippen LogP contribution >= 0.6 is 12.4 Å². The van der Waals surface area contributed by atoms with Gasteiger partial charge in [-0.1, -0.05) is 40.0 Å². The first kappa shape index (κ1) is 20.7. The summed E-state index contributed by atoms with van der Waals surface area (Å²) < 4.78 is 0. The number of rotatable bonds is 8. The van der Waals surface area contributed by atoms with Gasteiger partial charge in [0.15, 0.2) is 0 Å². The van der Waals surface area contributed by atoms with Crippen molar-refractivity contribution in [3.63, 3.8) is 0 Å². The lowest BCUT2D eigenvalue weighted by molar-refractivity contribution is -0.129. The van der Waals surface area contributed by atoms with Crippen LogP contribution in [0.1, 0.15) is 65.7 Å². The third-order valence-corrected chi connectivity index (χ3v) is 4.79. The van der Waals surface area contributed by atoms with Gasteiger partial charge in [0.05, 0.1) is 0 Å². The molecule has 0 radical (unpaired) electrons. The van der Waals surface area contributed by atoms with E-state index in [2.05, 4.69) is 26.1 Å². The lowest BCUT2D eigenvalue weighted by Gasteiger charge is -2.36.